The smallest absolute Gasteiger partial charge is 0.248 e. The van der Waals surface area contributed by atoms with Crippen molar-refractivity contribution in [1.29, 1.82) is 0 Å². The summed E-state index contributed by atoms with van der Waals surface area (Å²) in [6.45, 7) is 1.72. The Balaban J connectivity index is 1.17. The number of carbonyl (C=O) groups is 1. The van der Waals surface area contributed by atoms with E-state index in [-0.39, 0.29) is 18.6 Å². The molecule has 1 atom stereocenters. The number of amides is 1. The Morgan fingerprint density at radius 1 is 0.970 bits per heavy atom. The number of benzene rings is 3. The van der Waals surface area contributed by atoms with Gasteiger partial charge in [-0.2, -0.15) is 0 Å². The maximum atomic E-state index is 12.3. The lowest BCUT2D eigenvalue weighted by Gasteiger charge is -2.32. The number of morpholine rings is 1. The van der Waals surface area contributed by atoms with Crippen molar-refractivity contribution >= 4 is 27.7 Å². The van der Waals surface area contributed by atoms with Crippen LogP contribution < -0.4 is 14.2 Å². The van der Waals surface area contributed by atoms with E-state index in [1.165, 1.54) is 5.39 Å². The van der Waals surface area contributed by atoms with E-state index in [2.05, 4.69) is 17.1 Å². The van der Waals surface area contributed by atoms with Gasteiger partial charge >= 0.3 is 0 Å². The van der Waals surface area contributed by atoms with Crippen LogP contribution in [0.2, 0.25) is 0 Å². The molecule has 1 amide bonds. The number of fused-ring (bicyclic) bond motifs is 3. The summed E-state index contributed by atoms with van der Waals surface area (Å²) < 4.78 is 22.9. The van der Waals surface area contributed by atoms with Crippen molar-refractivity contribution in [2.24, 2.45) is 0 Å². The van der Waals surface area contributed by atoms with Crippen molar-refractivity contribution in [2.45, 2.75) is 6.10 Å². The first kappa shape index (κ1) is 21.2. The second kappa shape index (κ2) is 9.42. The van der Waals surface area contributed by atoms with Crippen LogP contribution in [-0.4, -0.2) is 61.9 Å². The molecule has 7 heteroatoms. The van der Waals surface area contributed by atoms with Crippen molar-refractivity contribution in [3.8, 4) is 17.2 Å². The summed E-state index contributed by atoms with van der Waals surface area (Å²) in [6.07, 6.45) is -0.201. The highest BCUT2D eigenvalue weighted by atomic mass is 16.5. The van der Waals surface area contributed by atoms with Gasteiger partial charge in [-0.25, -0.2) is 0 Å². The molecule has 1 unspecified atom stereocenters. The Bertz CT molecular complexity index is 1270. The number of hydrogen-bond acceptors (Lipinski definition) is 5. The van der Waals surface area contributed by atoms with E-state index in [1.807, 2.05) is 54.6 Å². The molecule has 170 valence electrons. The fourth-order valence-corrected chi connectivity index (χ4v) is 4.11. The van der Waals surface area contributed by atoms with Gasteiger partial charge in [0, 0.05) is 21.8 Å². The van der Waals surface area contributed by atoms with E-state index in [0.717, 1.165) is 22.2 Å². The molecule has 3 aromatic carbocycles. The van der Waals surface area contributed by atoms with Crippen molar-refractivity contribution in [2.75, 3.05) is 40.0 Å². The molecule has 0 bridgehead atoms. The maximum Gasteiger partial charge on any atom is 0.248 e. The van der Waals surface area contributed by atoms with Crippen molar-refractivity contribution in [1.82, 2.24) is 9.88 Å². The molecule has 4 aromatic rings. The number of nitrogens with one attached hydrogen (secondary N) is 1. The predicted octanol–water partition coefficient (Wildman–Crippen LogP) is 4.01. The highest BCUT2D eigenvalue weighted by molar-refractivity contribution is 6.07. The van der Waals surface area contributed by atoms with E-state index < -0.39 is 0 Å². The molecule has 2 heterocycles. The number of methoxy groups -OCH3 is 1. The number of H-pyrrole nitrogens is 1. The Labute approximate surface area is 191 Å². The lowest BCUT2D eigenvalue weighted by Crippen LogP contribution is -2.49. The lowest BCUT2D eigenvalue weighted by atomic mass is 10.1. The molecule has 0 aliphatic carbocycles. The molecule has 1 N–H and O–H groups in total. The molecule has 1 saturated heterocycles. The number of rotatable bonds is 8. The van der Waals surface area contributed by atoms with Crippen LogP contribution >= 0.6 is 0 Å². The first-order valence-corrected chi connectivity index (χ1v) is 11.0. The third-order valence-corrected chi connectivity index (χ3v) is 5.82. The van der Waals surface area contributed by atoms with Gasteiger partial charge in [-0.3, -0.25) is 4.79 Å². The highest BCUT2D eigenvalue weighted by Gasteiger charge is 2.26. The van der Waals surface area contributed by atoms with E-state index in [9.17, 15) is 4.79 Å². The second-order valence-corrected chi connectivity index (χ2v) is 7.96. The number of para-hydroxylation sites is 3. The fourth-order valence-electron chi connectivity index (χ4n) is 4.11. The Morgan fingerprint density at radius 3 is 2.64 bits per heavy atom. The average molecular weight is 447 g/mol. The van der Waals surface area contributed by atoms with Crippen LogP contribution in [0.25, 0.3) is 21.8 Å². The topological polar surface area (TPSA) is 73.0 Å². The summed E-state index contributed by atoms with van der Waals surface area (Å²) in [5, 5.41) is 2.29. The van der Waals surface area contributed by atoms with E-state index in [1.54, 1.807) is 12.0 Å². The van der Waals surface area contributed by atoms with Gasteiger partial charge < -0.3 is 28.8 Å². The molecule has 33 heavy (non-hydrogen) atoms. The van der Waals surface area contributed by atoms with Crippen molar-refractivity contribution in [3.05, 3.63) is 66.7 Å². The highest BCUT2D eigenvalue weighted by Crippen LogP contribution is 2.29. The quantitative estimate of drug-likeness (QED) is 0.443. The first-order chi connectivity index (χ1) is 16.2. The van der Waals surface area contributed by atoms with Gasteiger partial charge in [0.05, 0.1) is 20.2 Å². The predicted molar refractivity (Wildman–Crippen MR) is 126 cm³/mol. The van der Waals surface area contributed by atoms with E-state index >= 15 is 0 Å². The molecule has 1 aliphatic rings. The summed E-state index contributed by atoms with van der Waals surface area (Å²) in [6, 6.07) is 21.7. The normalized spacial score (nSPS) is 16.3. The molecular weight excluding hydrogens is 420 g/mol. The summed E-state index contributed by atoms with van der Waals surface area (Å²) in [4.78, 5) is 17.5. The van der Waals surface area contributed by atoms with Crippen LogP contribution in [0.5, 0.6) is 17.2 Å². The third-order valence-electron chi connectivity index (χ3n) is 5.82. The number of hydrogen-bond donors (Lipinski definition) is 1. The van der Waals surface area contributed by atoms with Crippen molar-refractivity contribution < 1.29 is 23.7 Å². The zero-order valence-corrected chi connectivity index (χ0v) is 18.5. The number of aromatic nitrogens is 1. The SMILES string of the molecule is COc1ccccc1OCCN1CC(COc2ccc3[nH]c4ccccc4c3c2)OCC1=O. The van der Waals surface area contributed by atoms with Crippen LogP contribution in [0.1, 0.15) is 0 Å². The minimum absolute atomic E-state index is 0.0458. The van der Waals surface area contributed by atoms with E-state index in [0.29, 0.717) is 37.8 Å². The zero-order chi connectivity index (χ0) is 22.6. The summed E-state index contributed by atoms with van der Waals surface area (Å²) in [5.74, 6) is 2.06. The monoisotopic (exact) mass is 446 g/mol. The number of nitrogens with zero attached hydrogens (tertiary/aromatic N) is 1. The number of aromatic amines is 1. The van der Waals surface area contributed by atoms with Crippen LogP contribution in [0, 0.1) is 0 Å². The van der Waals surface area contributed by atoms with Gasteiger partial charge in [0.25, 0.3) is 0 Å². The summed E-state index contributed by atoms with van der Waals surface area (Å²) in [7, 11) is 1.61. The molecule has 1 fully saturated rings. The van der Waals surface area contributed by atoms with Gasteiger partial charge in [-0.15, -0.1) is 0 Å². The second-order valence-electron chi connectivity index (χ2n) is 7.96. The molecule has 1 aromatic heterocycles. The third kappa shape index (κ3) is 4.59. The van der Waals surface area contributed by atoms with Gasteiger partial charge in [0.15, 0.2) is 11.5 Å². The first-order valence-electron chi connectivity index (χ1n) is 11.0. The zero-order valence-electron chi connectivity index (χ0n) is 18.5. The van der Waals surface area contributed by atoms with Crippen molar-refractivity contribution in [3.63, 3.8) is 0 Å². The molecule has 0 radical (unpaired) electrons. The number of carbonyl (C=O) groups excluding carboxylic acids is 1. The number of ether oxygens (including phenoxy) is 4. The summed E-state index contributed by atoms with van der Waals surface area (Å²) in [5.41, 5.74) is 2.18. The molecule has 0 saturated carbocycles. The lowest BCUT2D eigenvalue weighted by molar-refractivity contribution is -0.150. The minimum atomic E-state index is -0.201. The Hall–Kier alpha value is -3.71. The van der Waals surface area contributed by atoms with E-state index in [4.69, 9.17) is 18.9 Å². The van der Waals surface area contributed by atoms with Crippen LogP contribution in [-0.2, 0) is 9.53 Å². The molecular formula is C26H26N2O5. The van der Waals surface area contributed by atoms with Gasteiger partial charge in [0.1, 0.15) is 31.7 Å². The molecule has 0 spiro atoms. The van der Waals surface area contributed by atoms with Gasteiger partial charge in [-0.1, -0.05) is 30.3 Å². The maximum absolute atomic E-state index is 12.3. The van der Waals surface area contributed by atoms with Crippen LogP contribution in [0.15, 0.2) is 66.7 Å². The molecule has 1 aliphatic heterocycles. The Morgan fingerprint density at radius 2 is 1.76 bits per heavy atom. The molecule has 5 rings (SSSR count). The average Bonchev–Trinajstić information content (AvgIpc) is 3.22. The van der Waals surface area contributed by atoms with Gasteiger partial charge in [-0.05, 0) is 36.4 Å². The molecule has 7 nitrogen and oxygen atoms in total. The van der Waals surface area contributed by atoms with Crippen LogP contribution in [0.4, 0.5) is 0 Å². The largest absolute Gasteiger partial charge is 0.493 e. The minimum Gasteiger partial charge on any atom is -0.493 e. The van der Waals surface area contributed by atoms with Crippen LogP contribution in [0.3, 0.4) is 0 Å². The summed E-state index contributed by atoms with van der Waals surface area (Å²) >= 11 is 0. The standard InChI is InChI=1S/C26H26N2O5/c1-30-24-8-4-5-9-25(24)31-13-12-28-15-19(33-17-26(28)29)16-32-18-10-11-23-21(14-18)20-6-2-3-7-22(20)27-23/h2-11,14,19,27H,12-13,15-17H2,1H3. The Kier molecular flexibility index (Phi) is 6.04. The van der Waals surface area contributed by atoms with Gasteiger partial charge in [0.2, 0.25) is 5.91 Å². The fraction of sp³-hybridized carbons (Fsp3) is 0.269.